The fourth-order valence-corrected chi connectivity index (χ4v) is 8.14. The zero-order valence-corrected chi connectivity index (χ0v) is 25.2. The van der Waals surface area contributed by atoms with Gasteiger partial charge in [-0.25, -0.2) is 4.98 Å². The summed E-state index contributed by atoms with van der Waals surface area (Å²) in [5.74, 6) is 0. The minimum Gasteiger partial charge on any atom is -0.255 e. The van der Waals surface area contributed by atoms with Gasteiger partial charge in [0.2, 0.25) is 0 Å². The molecular formula is C40H27N3S. The molecule has 8 aromatic rings. The molecule has 0 saturated carbocycles. The summed E-state index contributed by atoms with van der Waals surface area (Å²) >= 11 is 1.77. The number of hydrogen-bond donors (Lipinski definition) is 0. The fraction of sp³-hybridized carbons (Fsp3) is 0.0750. The van der Waals surface area contributed by atoms with Crippen LogP contribution < -0.4 is 0 Å². The number of aromatic nitrogens is 3. The highest BCUT2D eigenvalue weighted by Gasteiger charge is 2.36. The predicted octanol–water partition coefficient (Wildman–Crippen LogP) is 10.7. The maximum atomic E-state index is 5.20. The summed E-state index contributed by atoms with van der Waals surface area (Å²) < 4.78 is 1.20. The Balaban J connectivity index is 1.40. The highest BCUT2D eigenvalue weighted by atomic mass is 32.1. The monoisotopic (exact) mass is 581 g/mol. The van der Waals surface area contributed by atoms with Crippen LogP contribution in [0.1, 0.15) is 25.0 Å². The molecule has 1 aliphatic rings. The van der Waals surface area contributed by atoms with E-state index in [9.17, 15) is 0 Å². The Kier molecular flexibility index (Phi) is 5.41. The van der Waals surface area contributed by atoms with Crippen molar-refractivity contribution in [2.45, 2.75) is 19.3 Å². The number of rotatable bonds is 3. The smallest absolute Gasteiger partial charge is 0.125 e. The van der Waals surface area contributed by atoms with Crippen molar-refractivity contribution in [3.8, 4) is 44.2 Å². The second-order valence-electron chi connectivity index (χ2n) is 12.0. The van der Waals surface area contributed by atoms with Crippen molar-refractivity contribution < 1.29 is 0 Å². The first kappa shape index (κ1) is 25.3. The number of nitrogens with zero attached hydrogens (tertiary/aromatic N) is 3. The molecule has 4 heteroatoms. The molecule has 0 spiro atoms. The van der Waals surface area contributed by atoms with Crippen LogP contribution in [0, 0.1) is 0 Å². The molecule has 44 heavy (non-hydrogen) atoms. The van der Waals surface area contributed by atoms with E-state index in [1.165, 1.54) is 59.6 Å². The molecule has 0 bridgehead atoms. The molecular weight excluding hydrogens is 555 g/mol. The first-order valence-electron chi connectivity index (χ1n) is 14.9. The van der Waals surface area contributed by atoms with Crippen LogP contribution in [0.4, 0.5) is 0 Å². The zero-order valence-electron chi connectivity index (χ0n) is 24.4. The average molecular weight is 582 g/mol. The van der Waals surface area contributed by atoms with Crippen molar-refractivity contribution in [3.05, 3.63) is 139 Å². The van der Waals surface area contributed by atoms with Gasteiger partial charge in [-0.3, -0.25) is 9.97 Å². The second-order valence-corrected chi connectivity index (χ2v) is 13.1. The largest absolute Gasteiger partial charge is 0.255 e. The van der Waals surface area contributed by atoms with Gasteiger partial charge in [0.1, 0.15) is 5.01 Å². The predicted molar refractivity (Wildman–Crippen MR) is 184 cm³/mol. The van der Waals surface area contributed by atoms with Crippen molar-refractivity contribution >= 4 is 43.1 Å². The molecule has 0 fully saturated rings. The number of para-hydroxylation sites is 1. The Morgan fingerprint density at radius 1 is 0.568 bits per heavy atom. The molecule has 3 heterocycles. The van der Waals surface area contributed by atoms with E-state index in [4.69, 9.17) is 9.97 Å². The molecule has 0 radical (unpaired) electrons. The van der Waals surface area contributed by atoms with E-state index in [0.29, 0.717) is 0 Å². The van der Waals surface area contributed by atoms with Gasteiger partial charge in [0.15, 0.2) is 0 Å². The molecule has 0 saturated heterocycles. The van der Waals surface area contributed by atoms with Gasteiger partial charge in [-0.2, -0.15) is 0 Å². The molecule has 3 aromatic heterocycles. The minimum atomic E-state index is -0.111. The summed E-state index contributed by atoms with van der Waals surface area (Å²) in [4.78, 5) is 14.6. The molecule has 0 aliphatic heterocycles. The van der Waals surface area contributed by atoms with Gasteiger partial charge in [0.05, 0.1) is 21.6 Å². The van der Waals surface area contributed by atoms with E-state index in [1.54, 1.807) is 11.3 Å². The molecule has 0 atom stereocenters. The number of benzene rings is 5. The number of pyridine rings is 2. The molecule has 0 unspecified atom stereocenters. The van der Waals surface area contributed by atoms with Gasteiger partial charge < -0.3 is 0 Å². The van der Waals surface area contributed by atoms with Crippen LogP contribution in [0.3, 0.4) is 0 Å². The molecule has 1 aliphatic carbocycles. The molecule has 0 amide bonds. The fourth-order valence-electron chi connectivity index (χ4n) is 7.10. The van der Waals surface area contributed by atoms with Crippen molar-refractivity contribution in [3.63, 3.8) is 0 Å². The summed E-state index contributed by atoms with van der Waals surface area (Å²) in [5, 5.41) is 5.90. The average Bonchev–Trinajstić information content (AvgIpc) is 3.59. The Labute approximate surface area is 259 Å². The Bertz CT molecular complexity index is 2370. The Hall–Kier alpha value is -5.19. The highest BCUT2D eigenvalue weighted by Crippen LogP contribution is 2.53. The lowest BCUT2D eigenvalue weighted by molar-refractivity contribution is 0.661. The van der Waals surface area contributed by atoms with Crippen molar-refractivity contribution in [2.24, 2.45) is 0 Å². The van der Waals surface area contributed by atoms with Crippen LogP contribution in [-0.2, 0) is 5.41 Å². The third kappa shape index (κ3) is 3.64. The standard InChI is InChI=1S/C40H27N3S/c1-40(2)31-14-6-5-11-25(31)28-21-29-30(22-32(28)40)37(24-18-19-34(42-23-24)33-15-9-10-20-41-33)26-12-3-4-13-27(26)38(29)39-43-35-16-7-8-17-36(35)44-39/h3-23H,1-2H3. The second kappa shape index (κ2) is 9.40. The zero-order chi connectivity index (χ0) is 29.4. The van der Waals surface area contributed by atoms with Gasteiger partial charge >= 0.3 is 0 Å². The Morgan fingerprint density at radius 2 is 1.30 bits per heavy atom. The lowest BCUT2D eigenvalue weighted by Crippen LogP contribution is -2.14. The number of thiazole rings is 1. The maximum Gasteiger partial charge on any atom is 0.125 e. The van der Waals surface area contributed by atoms with Crippen molar-refractivity contribution in [2.75, 3.05) is 0 Å². The summed E-state index contributed by atoms with van der Waals surface area (Å²) in [7, 11) is 0. The molecule has 5 aromatic carbocycles. The van der Waals surface area contributed by atoms with Gasteiger partial charge in [0.25, 0.3) is 0 Å². The van der Waals surface area contributed by atoms with Crippen LogP contribution in [0.15, 0.2) is 128 Å². The van der Waals surface area contributed by atoms with Gasteiger partial charge in [-0.05, 0) is 91.8 Å². The first-order chi connectivity index (χ1) is 21.6. The normalized spacial score (nSPS) is 13.4. The van der Waals surface area contributed by atoms with Gasteiger partial charge in [-0.1, -0.05) is 86.6 Å². The SMILES string of the molecule is CC1(C)c2ccccc2-c2cc3c(-c4nc5ccccc5s4)c4ccccc4c(-c4ccc(-c5ccccn5)nc4)c3cc21. The van der Waals surface area contributed by atoms with Crippen LogP contribution >= 0.6 is 11.3 Å². The van der Waals surface area contributed by atoms with Crippen LogP contribution in [0.2, 0.25) is 0 Å². The molecule has 9 rings (SSSR count). The molecule has 3 nitrogen and oxygen atoms in total. The van der Waals surface area contributed by atoms with Gasteiger partial charge in [-0.15, -0.1) is 11.3 Å². The van der Waals surface area contributed by atoms with E-state index < -0.39 is 0 Å². The lowest BCUT2D eigenvalue weighted by atomic mass is 9.80. The van der Waals surface area contributed by atoms with Crippen LogP contribution in [-0.4, -0.2) is 15.0 Å². The third-order valence-corrected chi connectivity index (χ3v) is 10.3. The van der Waals surface area contributed by atoms with Crippen molar-refractivity contribution in [1.82, 2.24) is 15.0 Å². The van der Waals surface area contributed by atoms with E-state index in [0.717, 1.165) is 27.5 Å². The molecule has 0 N–H and O–H groups in total. The van der Waals surface area contributed by atoms with E-state index in [1.807, 2.05) is 30.6 Å². The quantitative estimate of drug-likeness (QED) is 0.195. The summed E-state index contributed by atoms with van der Waals surface area (Å²) in [6.07, 6.45) is 3.82. The number of fused-ring (bicyclic) bond motifs is 6. The topological polar surface area (TPSA) is 38.7 Å². The lowest BCUT2D eigenvalue weighted by Gasteiger charge is -2.23. The summed E-state index contributed by atoms with van der Waals surface area (Å²) in [5.41, 5.74) is 11.5. The van der Waals surface area contributed by atoms with Crippen LogP contribution in [0.25, 0.3) is 76.0 Å². The van der Waals surface area contributed by atoms with Crippen molar-refractivity contribution in [1.29, 1.82) is 0 Å². The summed E-state index contributed by atoms with van der Waals surface area (Å²) in [6, 6.07) is 41.2. The third-order valence-electron chi connectivity index (χ3n) is 9.21. The van der Waals surface area contributed by atoms with Crippen LogP contribution in [0.5, 0.6) is 0 Å². The highest BCUT2D eigenvalue weighted by molar-refractivity contribution is 7.21. The van der Waals surface area contributed by atoms with Gasteiger partial charge in [0, 0.05) is 28.9 Å². The Morgan fingerprint density at radius 3 is 2.09 bits per heavy atom. The van der Waals surface area contributed by atoms with E-state index in [-0.39, 0.29) is 5.41 Å². The maximum absolute atomic E-state index is 5.20. The van der Waals surface area contributed by atoms with E-state index >= 15 is 0 Å². The minimum absolute atomic E-state index is 0.111. The number of hydrogen-bond acceptors (Lipinski definition) is 4. The first-order valence-corrected chi connectivity index (χ1v) is 15.8. The van der Waals surface area contributed by atoms with E-state index in [2.05, 4.69) is 116 Å². The molecule has 208 valence electrons. The summed E-state index contributed by atoms with van der Waals surface area (Å²) in [6.45, 7) is 4.70.